The van der Waals surface area contributed by atoms with E-state index in [-0.39, 0.29) is 11.8 Å². The number of nitrogens with zero attached hydrogens (tertiary/aromatic N) is 1. The third-order valence-corrected chi connectivity index (χ3v) is 3.25. The van der Waals surface area contributed by atoms with Crippen molar-refractivity contribution in [2.75, 3.05) is 26.7 Å². The zero-order valence-corrected chi connectivity index (χ0v) is 7.87. The number of hydrogen-bond acceptors (Lipinski definition) is 0. The second kappa shape index (κ2) is 2.73. The van der Waals surface area contributed by atoms with Crippen LogP contribution in [0.4, 0.5) is 0 Å². The van der Waals surface area contributed by atoms with E-state index >= 15 is 0 Å². The first-order chi connectivity index (χ1) is 5.59. The molecule has 0 aromatic carbocycles. The van der Waals surface area contributed by atoms with E-state index in [1.165, 1.54) is 19.4 Å². The summed E-state index contributed by atoms with van der Waals surface area (Å²) in [6.45, 7) is 15.3. The molecule has 2 aliphatic rings. The van der Waals surface area contributed by atoms with Crippen LogP contribution in [-0.4, -0.2) is 31.2 Å². The van der Waals surface area contributed by atoms with Gasteiger partial charge < -0.3 is 4.48 Å². The lowest BCUT2D eigenvalue weighted by Gasteiger charge is -2.29. The Labute approximate surface area is 76.3 Å². The maximum atomic E-state index is 5.91. The predicted octanol–water partition coefficient (Wildman–Crippen LogP) is 1.51. The summed E-state index contributed by atoms with van der Waals surface area (Å²) >= 11 is 0. The molecule has 1 saturated heterocycles. The SMILES string of the molecule is [CH]C1C[N+](C)(CC2CC2)CC1[CH]. The molecule has 2 rings (SSSR count). The van der Waals surface area contributed by atoms with Crippen molar-refractivity contribution in [3.05, 3.63) is 13.8 Å². The van der Waals surface area contributed by atoms with E-state index in [0.717, 1.165) is 23.5 Å². The van der Waals surface area contributed by atoms with Crippen molar-refractivity contribution in [3.63, 3.8) is 0 Å². The van der Waals surface area contributed by atoms with Crippen molar-refractivity contribution >= 4 is 0 Å². The zero-order valence-electron chi connectivity index (χ0n) is 7.87. The predicted molar refractivity (Wildman–Crippen MR) is 49.1 cm³/mol. The van der Waals surface area contributed by atoms with Crippen LogP contribution in [0, 0.1) is 31.6 Å². The van der Waals surface area contributed by atoms with Gasteiger partial charge in [0, 0.05) is 17.8 Å². The highest BCUT2D eigenvalue weighted by molar-refractivity contribution is 4.81. The molecule has 0 bridgehead atoms. The Balaban J connectivity index is 1.92. The van der Waals surface area contributed by atoms with Crippen molar-refractivity contribution in [3.8, 4) is 0 Å². The Morgan fingerprint density at radius 2 is 1.67 bits per heavy atom. The van der Waals surface area contributed by atoms with E-state index in [9.17, 15) is 0 Å². The van der Waals surface area contributed by atoms with Gasteiger partial charge in [-0.05, 0) is 26.7 Å². The summed E-state index contributed by atoms with van der Waals surface area (Å²) in [5.74, 6) is 1.44. The van der Waals surface area contributed by atoms with E-state index in [2.05, 4.69) is 7.05 Å². The lowest BCUT2D eigenvalue weighted by Crippen LogP contribution is -2.43. The average Bonchev–Trinajstić information content (AvgIpc) is 2.65. The molecule has 12 heavy (non-hydrogen) atoms. The van der Waals surface area contributed by atoms with Gasteiger partial charge in [-0.25, -0.2) is 0 Å². The van der Waals surface area contributed by atoms with Gasteiger partial charge in [-0.1, -0.05) is 0 Å². The largest absolute Gasteiger partial charge is 0.325 e. The molecule has 0 N–H and O–H groups in total. The van der Waals surface area contributed by atoms with Gasteiger partial charge >= 0.3 is 0 Å². The van der Waals surface area contributed by atoms with Gasteiger partial charge in [0.2, 0.25) is 0 Å². The molecular weight excluding hydrogens is 146 g/mol. The van der Waals surface area contributed by atoms with Crippen molar-refractivity contribution < 1.29 is 4.48 Å². The van der Waals surface area contributed by atoms with Crippen LogP contribution in [0.5, 0.6) is 0 Å². The molecule has 0 spiro atoms. The smallest absolute Gasteiger partial charge is 0.0821 e. The highest BCUT2D eigenvalue weighted by atomic mass is 15.4. The van der Waals surface area contributed by atoms with Gasteiger partial charge in [-0.3, -0.25) is 0 Å². The van der Waals surface area contributed by atoms with Crippen molar-refractivity contribution in [1.82, 2.24) is 0 Å². The first-order valence-corrected chi connectivity index (χ1v) is 4.94. The Kier molecular flexibility index (Phi) is 1.95. The summed E-state index contributed by atoms with van der Waals surface area (Å²) in [5, 5.41) is 0. The van der Waals surface area contributed by atoms with E-state index in [0.29, 0.717) is 0 Å². The Bertz CT molecular complexity index is 156. The van der Waals surface area contributed by atoms with Gasteiger partial charge in [-0.2, -0.15) is 0 Å². The van der Waals surface area contributed by atoms with Crippen LogP contribution in [0.25, 0.3) is 0 Å². The molecular formula is C11H18N+. The molecule has 0 aromatic heterocycles. The summed E-state index contributed by atoms with van der Waals surface area (Å²) in [7, 11) is 2.30. The quantitative estimate of drug-likeness (QED) is 0.543. The van der Waals surface area contributed by atoms with E-state index in [4.69, 9.17) is 13.8 Å². The standard InChI is InChI=1S/C11H18N/c1-9-6-12(3,7-10(9)2)8-11-4-5-11/h1-2,9-11H,4-8H2,3H3/q+1. The zero-order chi connectivity index (χ0) is 8.77. The summed E-state index contributed by atoms with van der Waals surface area (Å²) < 4.78 is 1.12. The van der Waals surface area contributed by atoms with Gasteiger partial charge in [0.05, 0.1) is 26.7 Å². The van der Waals surface area contributed by atoms with Crippen LogP contribution < -0.4 is 0 Å². The molecule has 2 atom stereocenters. The van der Waals surface area contributed by atoms with Gasteiger partial charge in [-0.15, -0.1) is 0 Å². The minimum atomic E-state index is 0.230. The van der Waals surface area contributed by atoms with E-state index in [1.807, 2.05) is 0 Å². The second-order valence-corrected chi connectivity index (χ2v) is 4.94. The Hall–Kier alpha value is -0.0400. The molecule has 0 amide bonds. The van der Waals surface area contributed by atoms with Crippen LogP contribution in [0.3, 0.4) is 0 Å². The van der Waals surface area contributed by atoms with Crippen molar-refractivity contribution in [2.45, 2.75) is 12.8 Å². The third-order valence-electron chi connectivity index (χ3n) is 3.25. The first kappa shape index (κ1) is 8.55. The minimum Gasteiger partial charge on any atom is -0.325 e. The van der Waals surface area contributed by atoms with Crippen LogP contribution in [0.1, 0.15) is 12.8 Å². The minimum absolute atomic E-state index is 0.230. The Morgan fingerprint density at radius 3 is 2.08 bits per heavy atom. The normalized spacial score (nSPS) is 48.2. The van der Waals surface area contributed by atoms with Crippen molar-refractivity contribution in [1.29, 1.82) is 0 Å². The van der Waals surface area contributed by atoms with E-state index in [1.54, 1.807) is 0 Å². The molecule has 0 aromatic rings. The fourth-order valence-electron chi connectivity index (χ4n) is 2.44. The summed E-state index contributed by atoms with van der Waals surface area (Å²) in [6.07, 6.45) is 2.86. The molecule has 1 heterocycles. The Morgan fingerprint density at radius 1 is 1.17 bits per heavy atom. The van der Waals surface area contributed by atoms with Crippen LogP contribution in [0.15, 0.2) is 0 Å². The maximum Gasteiger partial charge on any atom is 0.0821 e. The van der Waals surface area contributed by atoms with Crippen LogP contribution >= 0.6 is 0 Å². The topological polar surface area (TPSA) is 0 Å². The number of likely N-dealkylation sites (tertiary alicyclic amines) is 1. The van der Waals surface area contributed by atoms with Gasteiger partial charge in [0.25, 0.3) is 0 Å². The average molecular weight is 164 g/mol. The van der Waals surface area contributed by atoms with Crippen molar-refractivity contribution in [2.24, 2.45) is 17.8 Å². The molecule has 1 aliphatic heterocycles. The molecule has 2 unspecified atom stereocenters. The van der Waals surface area contributed by atoms with Gasteiger partial charge in [0.15, 0.2) is 0 Å². The number of quaternary nitrogens is 1. The molecule has 2 fully saturated rings. The fourth-order valence-corrected chi connectivity index (χ4v) is 2.44. The molecule has 1 nitrogen and oxygen atoms in total. The van der Waals surface area contributed by atoms with Crippen LogP contribution in [0.2, 0.25) is 0 Å². The monoisotopic (exact) mass is 164 g/mol. The number of rotatable bonds is 2. The molecule has 4 radical (unpaired) electrons. The second-order valence-electron chi connectivity index (χ2n) is 4.94. The summed E-state index contributed by atoms with van der Waals surface area (Å²) in [5.41, 5.74) is 0. The molecule has 1 heteroatoms. The first-order valence-electron chi connectivity index (χ1n) is 4.94. The lowest BCUT2D eigenvalue weighted by molar-refractivity contribution is -0.901. The van der Waals surface area contributed by atoms with E-state index < -0.39 is 0 Å². The molecule has 1 aliphatic carbocycles. The van der Waals surface area contributed by atoms with Gasteiger partial charge in [0.1, 0.15) is 0 Å². The fraction of sp³-hybridized carbons (Fsp3) is 0.818. The third kappa shape index (κ3) is 1.66. The lowest BCUT2D eigenvalue weighted by atomic mass is 10.0. The summed E-state index contributed by atoms with van der Waals surface area (Å²) in [6, 6.07) is 0. The molecule has 66 valence electrons. The molecule has 1 saturated carbocycles. The summed E-state index contributed by atoms with van der Waals surface area (Å²) in [4.78, 5) is 0. The highest BCUT2D eigenvalue weighted by Gasteiger charge is 2.41. The maximum absolute atomic E-state index is 5.91. The highest BCUT2D eigenvalue weighted by Crippen LogP contribution is 2.35. The number of hydrogen-bond donors (Lipinski definition) is 0. The van der Waals surface area contributed by atoms with Crippen LogP contribution in [-0.2, 0) is 0 Å².